The van der Waals surface area contributed by atoms with E-state index in [-0.39, 0.29) is 11.4 Å². The summed E-state index contributed by atoms with van der Waals surface area (Å²) in [5.41, 5.74) is 2.32. The van der Waals surface area contributed by atoms with Crippen LogP contribution in [0.25, 0.3) is 16.9 Å². The average Bonchev–Trinajstić information content (AvgIpc) is 3.16. The quantitative estimate of drug-likeness (QED) is 0.309. The van der Waals surface area contributed by atoms with Crippen LogP contribution < -0.4 is 10.6 Å². The highest BCUT2D eigenvalue weighted by molar-refractivity contribution is 5.89. The van der Waals surface area contributed by atoms with Gasteiger partial charge in [-0.2, -0.15) is 4.98 Å². The fourth-order valence-corrected chi connectivity index (χ4v) is 3.21. The number of carbonyl (C=O) groups excluding carboxylic acids is 1. The van der Waals surface area contributed by atoms with Crippen LogP contribution in [0.1, 0.15) is 26.5 Å². The average molecular weight is 461 g/mol. The Morgan fingerprint density at radius 1 is 1.15 bits per heavy atom. The summed E-state index contributed by atoms with van der Waals surface area (Å²) in [7, 11) is 0. The molecular formula is C23H23N7O4. The van der Waals surface area contributed by atoms with Gasteiger partial charge in [-0.3, -0.25) is 20.4 Å². The molecule has 0 spiro atoms. The Hall–Kier alpha value is -4.54. The van der Waals surface area contributed by atoms with Gasteiger partial charge in [0.1, 0.15) is 11.3 Å². The monoisotopic (exact) mass is 461 g/mol. The second-order valence-electron chi connectivity index (χ2n) is 8.55. The number of nitrogens with zero attached hydrogens (tertiary/aromatic N) is 5. The van der Waals surface area contributed by atoms with Crippen molar-refractivity contribution >= 4 is 34.8 Å². The third kappa shape index (κ3) is 5.09. The first-order chi connectivity index (χ1) is 16.1. The Balaban J connectivity index is 1.67. The molecule has 4 aromatic rings. The number of hydrogen-bond acceptors (Lipinski definition) is 8. The molecule has 174 valence electrons. The van der Waals surface area contributed by atoms with Crippen LogP contribution in [-0.2, 0) is 4.74 Å². The Morgan fingerprint density at radius 3 is 2.62 bits per heavy atom. The van der Waals surface area contributed by atoms with Crippen LogP contribution in [0.15, 0.2) is 54.7 Å². The molecule has 0 aliphatic rings. The van der Waals surface area contributed by atoms with Gasteiger partial charge in [0.15, 0.2) is 5.65 Å². The molecule has 1 aromatic carbocycles. The first-order valence-electron chi connectivity index (χ1n) is 10.4. The third-order valence-corrected chi connectivity index (χ3v) is 4.65. The van der Waals surface area contributed by atoms with Gasteiger partial charge in [-0.1, -0.05) is 12.1 Å². The van der Waals surface area contributed by atoms with Crippen LogP contribution in [0, 0.1) is 17.0 Å². The number of nitro benzene ring substituents is 1. The summed E-state index contributed by atoms with van der Waals surface area (Å²) in [4.78, 5) is 32.0. The smallest absolute Gasteiger partial charge is 0.412 e. The molecule has 0 aliphatic carbocycles. The number of rotatable bonds is 5. The molecule has 11 nitrogen and oxygen atoms in total. The maximum atomic E-state index is 12.1. The predicted octanol–water partition coefficient (Wildman–Crippen LogP) is 5.10. The van der Waals surface area contributed by atoms with E-state index in [1.54, 1.807) is 55.7 Å². The van der Waals surface area contributed by atoms with Crippen molar-refractivity contribution in [3.8, 4) is 11.3 Å². The number of aryl methyl sites for hydroxylation is 1. The van der Waals surface area contributed by atoms with E-state index >= 15 is 0 Å². The highest BCUT2D eigenvalue weighted by atomic mass is 16.6. The second-order valence-corrected chi connectivity index (χ2v) is 8.55. The molecule has 0 atom stereocenters. The molecule has 0 saturated carbocycles. The van der Waals surface area contributed by atoms with Crippen LogP contribution in [0.3, 0.4) is 0 Å². The molecule has 4 rings (SSSR count). The first-order valence-corrected chi connectivity index (χ1v) is 10.4. The summed E-state index contributed by atoms with van der Waals surface area (Å²) >= 11 is 0. The fraction of sp³-hybridized carbons (Fsp3) is 0.217. The summed E-state index contributed by atoms with van der Waals surface area (Å²) in [5.74, 6) is 0.357. The number of fused-ring (bicyclic) bond motifs is 1. The van der Waals surface area contributed by atoms with Crippen LogP contribution >= 0.6 is 0 Å². The molecule has 3 heterocycles. The SMILES string of the molecule is Cc1ccc(Nc2nc3cccc(-c4ccc(NC(=O)OC(C)(C)C)c([N+](=O)[O-])c4)n3n2)cn1. The first kappa shape index (κ1) is 22.6. The van der Waals surface area contributed by atoms with Crippen molar-refractivity contribution in [2.24, 2.45) is 0 Å². The van der Waals surface area contributed by atoms with Gasteiger partial charge in [-0.05, 0) is 58.0 Å². The van der Waals surface area contributed by atoms with Crippen molar-refractivity contribution in [2.75, 3.05) is 10.6 Å². The lowest BCUT2D eigenvalue weighted by Gasteiger charge is -2.19. The number of aromatic nitrogens is 4. The minimum Gasteiger partial charge on any atom is -0.444 e. The molecule has 11 heteroatoms. The number of anilines is 3. The number of carbonyl (C=O) groups is 1. The molecule has 34 heavy (non-hydrogen) atoms. The normalized spacial score (nSPS) is 11.3. The highest BCUT2D eigenvalue weighted by Gasteiger charge is 2.22. The second kappa shape index (κ2) is 8.77. The number of ether oxygens (including phenoxy) is 1. The molecule has 0 bridgehead atoms. The fourth-order valence-electron chi connectivity index (χ4n) is 3.21. The van der Waals surface area contributed by atoms with E-state index in [9.17, 15) is 14.9 Å². The van der Waals surface area contributed by atoms with Crippen molar-refractivity contribution in [2.45, 2.75) is 33.3 Å². The van der Waals surface area contributed by atoms with E-state index in [4.69, 9.17) is 4.74 Å². The molecule has 0 unspecified atom stereocenters. The van der Waals surface area contributed by atoms with Crippen molar-refractivity contribution in [3.63, 3.8) is 0 Å². The van der Waals surface area contributed by atoms with Crippen molar-refractivity contribution in [1.82, 2.24) is 19.6 Å². The molecule has 0 radical (unpaired) electrons. The lowest BCUT2D eigenvalue weighted by Crippen LogP contribution is -2.27. The van der Waals surface area contributed by atoms with Gasteiger partial charge in [-0.15, -0.1) is 5.10 Å². The Kier molecular flexibility index (Phi) is 5.84. The van der Waals surface area contributed by atoms with Crippen LogP contribution in [0.2, 0.25) is 0 Å². The zero-order valence-corrected chi connectivity index (χ0v) is 19.1. The molecule has 3 aromatic heterocycles. The topological polar surface area (TPSA) is 137 Å². The molecule has 2 N–H and O–H groups in total. The number of hydrogen-bond donors (Lipinski definition) is 2. The number of nitrogens with one attached hydrogen (secondary N) is 2. The van der Waals surface area contributed by atoms with Gasteiger partial charge in [0, 0.05) is 17.3 Å². The van der Waals surface area contributed by atoms with E-state index in [0.29, 0.717) is 22.9 Å². The summed E-state index contributed by atoms with van der Waals surface area (Å²) in [6, 6.07) is 13.6. The maximum absolute atomic E-state index is 12.1. The van der Waals surface area contributed by atoms with E-state index in [2.05, 4.69) is 25.7 Å². The van der Waals surface area contributed by atoms with Crippen LogP contribution in [-0.4, -0.2) is 36.2 Å². The zero-order chi connectivity index (χ0) is 24.5. The van der Waals surface area contributed by atoms with Gasteiger partial charge in [0.25, 0.3) is 5.69 Å². The molecule has 0 saturated heterocycles. The molecule has 0 fully saturated rings. The summed E-state index contributed by atoms with van der Waals surface area (Å²) in [6.07, 6.45) is 0.907. The number of pyridine rings is 2. The summed E-state index contributed by atoms with van der Waals surface area (Å²) < 4.78 is 6.79. The lowest BCUT2D eigenvalue weighted by molar-refractivity contribution is -0.383. The van der Waals surface area contributed by atoms with Crippen LogP contribution in [0.4, 0.5) is 27.8 Å². The largest absolute Gasteiger partial charge is 0.444 e. The standard InChI is InChI=1S/C23H23N7O4/c1-14-8-10-16(13-24-14)25-21-27-20-7-5-6-18(29(20)28-21)15-9-11-17(19(12-15)30(32)33)26-22(31)34-23(2,3)4/h5-13H,1-4H3,(H,25,28)(H,26,31). The predicted molar refractivity (Wildman–Crippen MR) is 127 cm³/mol. The third-order valence-electron chi connectivity index (χ3n) is 4.65. The minimum absolute atomic E-state index is 0.0305. The van der Waals surface area contributed by atoms with Crippen molar-refractivity contribution in [3.05, 3.63) is 70.5 Å². The van der Waals surface area contributed by atoms with E-state index in [0.717, 1.165) is 11.4 Å². The number of amides is 1. The number of nitro groups is 1. The number of benzene rings is 1. The van der Waals surface area contributed by atoms with E-state index in [1.807, 2.05) is 19.1 Å². The van der Waals surface area contributed by atoms with Gasteiger partial charge >= 0.3 is 6.09 Å². The molecule has 1 amide bonds. The maximum Gasteiger partial charge on any atom is 0.412 e. The Morgan fingerprint density at radius 2 is 1.94 bits per heavy atom. The zero-order valence-electron chi connectivity index (χ0n) is 19.1. The van der Waals surface area contributed by atoms with E-state index < -0.39 is 16.6 Å². The van der Waals surface area contributed by atoms with Gasteiger partial charge < -0.3 is 10.1 Å². The Bertz CT molecular complexity index is 1370. The van der Waals surface area contributed by atoms with E-state index in [1.165, 1.54) is 12.1 Å². The molecule has 0 aliphatic heterocycles. The highest BCUT2D eigenvalue weighted by Crippen LogP contribution is 2.31. The van der Waals surface area contributed by atoms with Crippen LogP contribution in [0.5, 0.6) is 0 Å². The summed E-state index contributed by atoms with van der Waals surface area (Å²) in [5, 5.41) is 21.8. The molecular weight excluding hydrogens is 438 g/mol. The minimum atomic E-state index is -0.775. The van der Waals surface area contributed by atoms with Gasteiger partial charge in [-0.25, -0.2) is 9.31 Å². The lowest BCUT2D eigenvalue weighted by atomic mass is 10.1. The van der Waals surface area contributed by atoms with Crippen molar-refractivity contribution < 1.29 is 14.5 Å². The van der Waals surface area contributed by atoms with Gasteiger partial charge in [0.2, 0.25) is 5.95 Å². The van der Waals surface area contributed by atoms with Gasteiger partial charge in [0.05, 0.1) is 22.5 Å². The Labute approximate surface area is 195 Å². The summed E-state index contributed by atoms with van der Waals surface area (Å²) in [6.45, 7) is 7.02. The van der Waals surface area contributed by atoms with Crippen molar-refractivity contribution in [1.29, 1.82) is 0 Å².